The summed E-state index contributed by atoms with van der Waals surface area (Å²) in [7, 11) is 0. The van der Waals surface area contributed by atoms with Gasteiger partial charge in [0.2, 0.25) is 0 Å². The molecule has 0 amide bonds. The minimum absolute atomic E-state index is 0.127. The topological polar surface area (TPSA) is 26.3 Å². The molecule has 0 aliphatic heterocycles. The van der Waals surface area contributed by atoms with Crippen molar-refractivity contribution in [3.63, 3.8) is 0 Å². The highest BCUT2D eigenvalue weighted by Crippen LogP contribution is 2.23. The molecule has 0 spiro atoms. The van der Waals surface area contributed by atoms with Crippen LogP contribution in [0.5, 0.6) is 5.75 Å². The van der Waals surface area contributed by atoms with Crippen LogP contribution in [0.1, 0.15) is 5.56 Å². The lowest BCUT2D eigenvalue weighted by Gasteiger charge is -2.08. The fraction of sp³-hybridized carbons (Fsp3) is 0.0455. The predicted octanol–water partition coefficient (Wildman–Crippen LogP) is 4.84. The summed E-state index contributed by atoms with van der Waals surface area (Å²) in [6, 6.07) is 28.0. The van der Waals surface area contributed by atoms with Gasteiger partial charge in [-0.25, -0.2) is 0 Å². The summed E-state index contributed by atoms with van der Waals surface area (Å²) in [5, 5.41) is 0. The Hall–Kier alpha value is -3.13. The van der Waals surface area contributed by atoms with E-state index in [1.807, 2.05) is 42.5 Å². The van der Waals surface area contributed by atoms with Crippen LogP contribution < -0.4 is 10.2 Å². The molecule has 0 heterocycles. The van der Waals surface area contributed by atoms with Crippen LogP contribution in [0.3, 0.4) is 0 Å². The third kappa shape index (κ3) is 3.13. The Morgan fingerprint density at radius 2 is 1.25 bits per heavy atom. The van der Waals surface area contributed by atoms with E-state index >= 15 is 0 Å². The van der Waals surface area contributed by atoms with E-state index in [4.69, 9.17) is 4.74 Å². The molecule has 0 bridgehead atoms. The van der Waals surface area contributed by atoms with E-state index in [-0.39, 0.29) is 5.43 Å². The van der Waals surface area contributed by atoms with E-state index in [9.17, 15) is 4.79 Å². The molecule has 0 atom stereocenters. The lowest BCUT2D eigenvalue weighted by Crippen LogP contribution is -1.95. The van der Waals surface area contributed by atoms with Gasteiger partial charge in [-0.2, -0.15) is 0 Å². The third-order valence-corrected chi connectivity index (χ3v) is 4.09. The van der Waals surface area contributed by atoms with Gasteiger partial charge in [-0.3, -0.25) is 4.79 Å². The third-order valence-electron chi connectivity index (χ3n) is 4.09. The molecule has 4 aromatic carbocycles. The molecule has 0 N–H and O–H groups in total. The first-order valence-corrected chi connectivity index (χ1v) is 7.93. The second kappa shape index (κ2) is 6.17. The zero-order valence-electron chi connectivity index (χ0n) is 13.1. The van der Waals surface area contributed by atoms with Gasteiger partial charge in [0.05, 0.1) is 0 Å². The highest BCUT2D eigenvalue weighted by Gasteiger charge is 2.10. The highest BCUT2D eigenvalue weighted by molar-refractivity contribution is 5.70. The van der Waals surface area contributed by atoms with Crippen LogP contribution in [0.15, 0.2) is 89.7 Å². The van der Waals surface area contributed by atoms with E-state index in [2.05, 4.69) is 36.4 Å². The first kappa shape index (κ1) is 14.5. The minimum atomic E-state index is 0.127. The molecular formula is C22H16O2. The normalized spacial score (nSPS) is 10.8. The molecule has 2 heteroatoms. The predicted molar refractivity (Wildman–Crippen MR) is 96.7 cm³/mol. The second-order valence-corrected chi connectivity index (χ2v) is 5.80. The van der Waals surface area contributed by atoms with Crippen molar-refractivity contribution < 1.29 is 4.74 Å². The van der Waals surface area contributed by atoms with Crippen LogP contribution in [0.2, 0.25) is 0 Å². The van der Waals surface area contributed by atoms with Crippen molar-refractivity contribution in [2.24, 2.45) is 0 Å². The number of ether oxygens (including phenoxy) is 1. The van der Waals surface area contributed by atoms with Crippen LogP contribution in [-0.2, 0) is 6.61 Å². The van der Waals surface area contributed by atoms with Gasteiger partial charge in [0.15, 0.2) is 5.43 Å². The van der Waals surface area contributed by atoms with Crippen LogP contribution >= 0.6 is 0 Å². The molecule has 0 radical (unpaired) electrons. The SMILES string of the molecule is O=c1cc1-c1ccc(OCc2ccc(-c3ccccc3)cc2)cc1. The first-order valence-electron chi connectivity index (χ1n) is 7.93. The molecule has 0 aliphatic carbocycles. The van der Waals surface area contributed by atoms with Crippen molar-refractivity contribution >= 4 is 0 Å². The van der Waals surface area contributed by atoms with Gasteiger partial charge in [0.1, 0.15) is 12.4 Å². The smallest absolute Gasteiger partial charge is 0.187 e. The average molecular weight is 312 g/mol. The van der Waals surface area contributed by atoms with E-state index < -0.39 is 0 Å². The van der Waals surface area contributed by atoms with Crippen molar-refractivity contribution in [3.05, 3.63) is 101 Å². The standard InChI is InChI=1S/C22H16O2/c23-22-14-21(22)19-10-12-20(13-11-19)24-15-16-6-8-18(9-7-16)17-4-2-1-3-5-17/h1-14H,15H2. The molecule has 4 aromatic rings. The van der Waals surface area contributed by atoms with Gasteiger partial charge in [0.25, 0.3) is 0 Å². The monoisotopic (exact) mass is 312 g/mol. The molecule has 116 valence electrons. The molecule has 0 saturated heterocycles. The van der Waals surface area contributed by atoms with Crippen molar-refractivity contribution in [1.29, 1.82) is 0 Å². The van der Waals surface area contributed by atoms with Crippen molar-refractivity contribution in [1.82, 2.24) is 0 Å². The molecule has 0 unspecified atom stereocenters. The molecule has 2 nitrogen and oxygen atoms in total. The van der Waals surface area contributed by atoms with Crippen LogP contribution in [0.25, 0.3) is 22.3 Å². The summed E-state index contributed by atoms with van der Waals surface area (Å²) >= 11 is 0. The maximum Gasteiger partial charge on any atom is 0.187 e. The Bertz CT molecular complexity index is 942. The Kier molecular flexibility index (Phi) is 3.72. The largest absolute Gasteiger partial charge is 0.489 e. The number of hydrogen-bond donors (Lipinski definition) is 0. The molecule has 0 fully saturated rings. The zero-order valence-corrected chi connectivity index (χ0v) is 13.1. The molecule has 24 heavy (non-hydrogen) atoms. The van der Waals surface area contributed by atoms with Crippen LogP contribution in [-0.4, -0.2) is 0 Å². The average Bonchev–Trinajstić information content (AvgIpc) is 3.38. The summed E-state index contributed by atoms with van der Waals surface area (Å²) in [4.78, 5) is 11.1. The number of hydrogen-bond acceptors (Lipinski definition) is 2. The van der Waals surface area contributed by atoms with E-state index in [0.717, 1.165) is 22.4 Å². The van der Waals surface area contributed by atoms with Crippen LogP contribution in [0.4, 0.5) is 0 Å². The van der Waals surface area contributed by atoms with E-state index in [1.54, 1.807) is 6.07 Å². The van der Waals surface area contributed by atoms with Crippen molar-refractivity contribution in [2.45, 2.75) is 6.61 Å². The first-order chi connectivity index (χ1) is 11.8. The Morgan fingerprint density at radius 3 is 1.88 bits per heavy atom. The summed E-state index contributed by atoms with van der Waals surface area (Å²) in [5.74, 6) is 0.805. The summed E-state index contributed by atoms with van der Waals surface area (Å²) in [6.07, 6.45) is 0. The Morgan fingerprint density at radius 1 is 0.667 bits per heavy atom. The Labute approximate surface area is 140 Å². The lowest BCUT2D eigenvalue weighted by atomic mass is 10.0. The zero-order chi connectivity index (χ0) is 16.4. The second-order valence-electron chi connectivity index (χ2n) is 5.80. The fourth-order valence-corrected chi connectivity index (χ4v) is 2.64. The van der Waals surface area contributed by atoms with Gasteiger partial charge in [-0.15, -0.1) is 0 Å². The minimum Gasteiger partial charge on any atom is -0.489 e. The van der Waals surface area contributed by atoms with Gasteiger partial charge in [-0.05, 0) is 40.5 Å². The molecule has 4 rings (SSSR count). The Balaban J connectivity index is 1.40. The van der Waals surface area contributed by atoms with E-state index in [0.29, 0.717) is 6.61 Å². The van der Waals surface area contributed by atoms with Crippen molar-refractivity contribution in [3.8, 4) is 28.0 Å². The number of rotatable bonds is 5. The quantitative estimate of drug-likeness (QED) is 0.527. The maximum atomic E-state index is 11.1. The van der Waals surface area contributed by atoms with Gasteiger partial charge in [-0.1, -0.05) is 66.7 Å². The highest BCUT2D eigenvalue weighted by atomic mass is 16.5. The van der Waals surface area contributed by atoms with Gasteiger partial charge in [0, 0.05) is 5.56 Å². The molecule has 0 aliphatic rings. The summed E-state index contributed by atoms with van der Waals surface area (Å²) < 4.78 is 5.82. The van der Waals surface area contributed by atoms with Crippen molar-refractivity contribution in [2.75, 3.05) is 0 Å². The molecule has 0 aromatic heterocycles. The lowest BCUT2D eigenvalue weighted by molar-refractivity contribution is 0.306. The summed E-state index contributed by atoms with van der Waals surface area (Å²) in [6.45, 7) is 0.524. The number of benzene rings is 3. The van der Waals surface area contributed by atoms with E-state index in [1.165, 1.54) is 11.1 Å². The summed E-state index contributed by atoms with van der Waals surface area (Å²) in [5.41, 5.74) is 5.43. The fourth-order valence-electron chi connectivity index (χ4n) is 2.64. The molecule has 0 saturated carbocycles. The molecular weight excluding hydrogens is 296 g/mol. The van der Waals surface area contributed by atoms with Crippen LogP contribution in [0, 0.1) is 0 Å². The maximum absolute atomic E-state index is 11.1. The van der Waals surface area contributed by atoms with Gasteiger partial charge < -0.3 is 4.74 Å². The van der Waals surface area contributed by atoms with Gasteiger partial charge >= 0.3 is 0 Å².